The lowest BCUT2D eigenvalue weighted by Gasteiger charge is -2.13. The van der Waals surface area contributed by atoms with Crippen molar-refractivity contribution in [1.82, 2.24) is 14.7 Å². The number of carbonyl (C=O) groups excluding carboxylic acids is 2. The molecule has 0 aliphatic rings. The number of rotatable bonds is 6. The first-order valence-corrected chi connectivity index (χ1v) is 10.1. The largest absolute Gasteiger partial charge is 0.472 e. The van der Waals surface area contributed by atoms with Gasteiger partial charge in [0.05, 0.1) is 24.6 Å². The quantitative estimate of drug-likeness (QED) is 0.314. The molecule has 0 fully saturated rings. The molecule has 0 aliphatic heterocycles. The molecule has 0 saturated heterocycles. The molecule has 3 heterocycles. The summed E-state index contributed by atoms with van der Waals surface area (Å²) < 4.78 is 48.0. The summed E-state index contributed by atoms with van der Waals surface area (Å²) in [6.07, 6.45) is 4.22. The maximum absolute atomic E-state index is 14.3. The average Bonchev–Trinajstić information content (AvgIpc) is 3.39. The zero-order chi connectivity index (χ0) is 23.0. The number of halogens is 4. The van der Waals surface area contributed by atoms with E-state index in [0.29, 0.717) is 11.1 Å². The molecule has 6 nitrogen and oxygen atoms in total. The summed E-state index contributed by atoms with van der Waals surface area (Å²) in [5, 5.41) is 2.13. The molecule has 3 aromatic heterocycles. The minimum absolute atomic E-state index is 0.0705. The molecule has 164 valence electrons. The molecule has 1 aromatic carbocycles. The van der Waals surface area contributed by atoms with Crippen molar-refractivity contribution in [2.24, 2.45) is 0 Å². The van der Waals surface area contributed by atoms with E-state index in [1.54, 1.807) is 6.07 Å². The van der Waals surface area contributed by atoms with E-state index >= 15 is 0 Å². The summed E-state index contributed by atoms with van der Waals surface area (Å²) in [7, 11) is 1.43. The summed E-state index contributed by atoms with van der Waals surface area (Å²) in [6.45, 7) is -0.459. The van der Waals surface area contributed by atoms with Gasteiger partial charge in [0.25, 0.3) is 11.6 Å². The predicted molar refractivity (Wildman–Crippen MR) is 115 cm³/mol. The summed E-state index contributed by atoms with van der Waals surface area (Å²) in [6, 6.07) is 7.81. The molecule has 1 amide bonds. The highest BCUT2D eigenvalue weighted by atomic mass is 35.5. The molecule has 1 atom stereocenters. The van der Waals surface area contributed by atoms with E-state index < -0.39 is 35.3 Å². The Morgan fingerprint density at radius 3 is 2.66 bits per heavy atom. The van der Waals surface area contributed by atoms with Crippen LogP contribution in [0.3, 0.4) is 0 Å². The average molecular weight is 480 g/mol. The number of Topliss-reactive ketones (excluding diaryl/α,β-unsaturated/α-hetero) is 1. The smallest absolute Gasteiger partial charge is 0.287 e. The molecule has 4 rings (SSSR count). The first-order chi connectivity index (χ1) is 15.1. The zero-order valence-electron chi connectivity index (χ0n) is 16.1. The standard InChI is InChI=1S/C21H14ClF3N3O3P/c22-18-17(20(30)26-8-16(29)11-2-1-3-14(23)6-11)27-19-15(21(24,25)32)7-13(9-28(18)19)12-4-5-31-10-12/h1-7,9-10H,8,32H2,(H,26,30). The number of ketones is 1. The summed E-state index contributed by atoms with van der Waals surface area (Å²) in [5.74, 6) is -1.98. The van der Waals surface area contributed by atoms with Gasteiger partial charge in [-0.25, -0.2) is 9.37 Å². The number of nitrogens with zero attached hydrogens (tertiary/aromatic N) is 2. The number of furan rings is 1. The van der Waals surface area contributed by atoms with Gasteiger partial charge in [0, 0.05) is 22.9 Å². The van der Waals surface area contributed by atoms with Crippen molar-refractivity contribution in [2.75, 3.05) is 6.54 Å². The second kappa shape index (κ2) is 8.41. The lowest BCUT2D eigenvalue weighted by molar-refractivity contribution is 0.0901. The zero-order valence-corrected chi connectivity index (χ0v) is 18.0. The molecule has 11 heteroatoms. The van der Waals surface area contributed by atoms with Crippen LogP contribution in [0, 0.1) is 5.82 Å². The Bertz CT molecular complexity index is 1330. The molecule has 1 unspecified atom stereocenters. The van der Waals surface area contributed by atoms with Crippen molar-refractivity contribution in [3.8, 4) is 11.1 Å². The highest BCUT2D eigenvalue weighted by Gasteiger charge is 2.31. The Kier molecular flexibility index (Phi) is 5.79. The monoisotopic (exact) mass is 479 g/mol. The number of imidazole rings is 1. The Morgan fingerprint density at radius 2 is 2.00 bits per heavy atom. The van der Waals surface area contributed by atoms with E-state index in [0.717, 1.165) is 6.07 Å². The Labute approximate surface area is 186 Å². The van der Waals surface area contributed by atoms with Crippen LogP contribution < -0.4 is 5.32 Å². The molecule has 1 N–H and O–H groups in total. The van der Waals surface area contributed by atoms with Crippen LogP contribution in [-0.2, 0) is 5.66 Å². The van der Waals surface area contributed by atoms with Gasteiger partial charge in [-0.1, -0.05) is 33.0 Å². The van der Waals surface area contributed by atoms with E-state index in [2.05, 4.69) is 10.3 Å². The highest BCUT2D eigenvalue weighted by molar-refractivity contribution is 7.17. The first-order valence-electron chi connectivity index (χ1n) is 9.13. The van der Waals surface area contributed by atoms with Crippen molar-refractivity contribution in [1.29, 1.82) is 0 Å². The van der Waals surface area contributed by atoms with Crippen LogP contribution in [0.5, 0.6) is 0 Å². The molecular weight excluding hydrogens is 466 g/mol. The number of benzene rings is 1. The second-order valence-electron chi connectivity index (χ2n) is 6.84. The summed E-state index contributed by atoms with van der Waals surface area (Å²) in [4.78, 5) is 28.8. The van der Waals surface area contributed by atoms with Crippen molar-refractivity contribution in [3.63, 3.8) is 0 Å². The van der Waals surface area contributed by atoms with Crippen molar-refractivity contribution >= 4 is 38.2 Å². The van der Waals surface area contributed by atoms with Gasteiger partial charge in [-0.05, 0) is 24.3 Å². The van der Waals surface area contributed by atoms with Gasteiger partial charge in [0.1, 0.15) is 16.6 Å². The number of pyridine rings is 1. The molecule has 0 spiro atoms. The van der Waals surface area contributed by atoms with Crippen molar-refractivity contribution in [3.05, 3.63) is 82.9 Å². The molecule has 32 heavy (non-hydrogen) atoms. The van der Waals surface area contributed by atoms with Gasteiger partial charge in [-0.3, -0.25) is 14.0 Å². The summed E-state index contributed by atoms with van der Waals surface area (Å²) >= 11 is 6.29. The topological polar surface area (TPSA) is 76.6 Å². The molecule has 0 radical (unpaired) electrons. The number of nitrogens with one attached hydrogen (secondary N) is 1. The van der Waals surface area contributed by atoms with E-state index in [1.807, 2.05) is 0 Å². The normalized spacial score (nSPS) is 11.7. The molecule has 4 aromatic rings. The predicted octanol–water partition coefficient (Wildman–Crippen LogP) is 4.92. The maximum atomic E-state index is 14.3. The molecule has 0 bridgehead atoms. The Hall–Kier alpha value is -3.16. The third-order valence-electron chi connectivity index (χ3n) is 4.65. The third-order valence-corrected chi connectivity index (χ3v) is 5.32. The SMILES string of the molecule is O=C(CNC(=O)c1nc2c(C(F)(F)P)cc(-c3ccoc3)cn2c1Cl)c1cccc(F)c1. The minimum Gasteiger partial charge on any atom is -0.472 e. The lowest BCUT2D eigenvalue weighted by Crippen LogP contribution is -2.30. The van der Waals surface area contributed by atoms with Crippen molar-refractivity contribution in [2.45, 2.75) is 5.66 Å². The van der Waals surface area contributed by atoms with E-state index in [4.69, 9.17) is 16.0 Å². The van der Waals surface area contributed by atoms with Gasteiger partial charge in [0.2, 0.25) is 0 Å². The van der Waals surface area contributed by atoms with Crippen LogP contribution in [0.4, 0.5) is 13.2 Å². The van der Waals surface area contributed by atoms with Gasteiger partial charge >= 0.3 is 0 Å². The number of hydrogen-bond donors (Lipinski definition) is 1. The fourth-order valence-electron chi connectivity index (χ4n) is 3.10. The van der Waals surface area contributed by atoms with Crippen molar-refractivity contribution < 1.29 is 27.2 Å². The third kappa shape index (κ3) is 4.26. The van der Waals surface area contributed by atoms with Crippen LogP contribution >= 0.6 is 20.8 Å². The van der Waals surface area contributed by atoms with Crippen LogP contribution in [-0.4, -0.2) is 27.6 Å². The van der Waals surface area contributed by atoms with E-state index in [-0.39, 0.29) is 22.1 Å². The Morgan fingerprint density at radius 1 is 1.22 bits per heavy atom. The van der Waals surface area contributed by atoms with Crippen LogP contribution in [0.1, 0.15) is 26.4 Å². The fraction of sp³-hybridized carbons (Fsp3) is 0.0952. The number of amides is 1. The van der Waals surface area contributed by atoms with Gasteiger partial charge in [0.15, 0.2) is 11.5 Å². The minimum atomic E-state index is -3.36. The van der Waals surface area contributed by atoms with Crippen LogP contribution in [0.15, 0.2) is 59.5 Å². The molecular formula is C21H14ClF3N3O3P. The van der Waals surface area contributed by atoms with Gasteiger partial charge in [-0.15, -0.1) is 0 Å². The second-order valence-corrected chi connectivity index (χ2v) is 7.92. The maximum Gasteiger partial charge on any atom is 0.287 e. The number of carbonyl (C=O) groups is 2. The van der Waals surface area contributed by atoms with E-state index in [9.17, 15) is 22.8 Å². The first kappa shape index (κ1) is 22.0. The van der Waals surface area contributed by atoms with E-state index in [1.165, 1.54) is 56.6 Å². The molecule has 0 aliphatic carbocycles. The van der Waals surface area contributed by atoms with Crippen LogP contribution in [0.2, 0.25) is 5.15 Å². The fourth-order valence-corrected chi connectivity index (χ4v) is 3.57. The Balaban J connectivity index is 1.68. The summed E-state index contributed by atoms with van der Waals surface area (Å²) in [5.41, 5.74) is -3.42. The van der Waals surface area contributed by atoms with Gasteiger partial charge < -0.3 is 9.73 Å². The number of fused-ring (bicyclic) bond motifs is 1. The van der Waals surface area contributed by atoms with Gasteiger partial charge in [-0.2, -0.15) is 8.78 Å². The number of aromatic nitrogens is 2. The highest BCUT2D eigenvalue weighted by Crippen LogP contribution is 2.40. The van der Waals surface area contributed by atoms with Crippen LogP contribution in [0.25, 0.3) is 16.8 Å². The lowest BCUT2D eigenvalue weighted by atomic mass is 10.1. The number of hydrogen-bond acceptors (Lipinski definition) is 4. The number of alkyl halides is 2. The molecule has 0 saturated carbocycles.